The molecule has 7 rings (SSSR count). The highest BCUT2D eigenvalue weighted by atomic mass is 32.5. The van der Waals surface area contributed by atoms with Crippen LogP contribution in [-0.2, 0) is 43.9 Å². The number of nitrogens with one attached hydrogen (secondary N) is 2. The number of H-pyrrole nitrogens is 1. The molecule has 0 aliphatic carbocycles. The maximum Gasteiger partial charge on any atom is 0.328 e. The van der Waals surface area contributed by atoms with Gasteiger partial charge < -0.3 is 39.0 Å². The third kappa shape index (κ3) is 6.51. The zero-order valence-corrected chi connectivity index (χ0v) is 28.2. The summed E-state index contributed by atoms with van der Waals surface area (Å²) in [6, 6.07) is 0. The third-order valence-electron chi connectivity index (χ3n) is 8.13. The predicted molar refractivity (Wildman–Crippen MR) is 170 cm³/mol. The van der Waals surface area contributed by atoms with E-state index in [1.165, 1.54) is 30.2 Å². The maximum absolute atomic E-state index is 16.1. The monoisotopic (exact) mass is 730 g/mol. The van der Waals surface area contributed by atoms with Crippen LogP contribution in [0.4, 0.5) is 16.2 Å². The van der Waals surface area contributed by atoms with E-state index in [0.29, 0.717) is 6.54 Å². The molecule has 3 saturated heterocycles. The SMILES string of the molecule is CCCCNc1nc2c(ncn2[C@H]2C[C@@H]3OP(C)(=O)OC[C@H]4O[C@@H](n5cnc6c(N)ncnc65)[C@H](F)[C@@H]4OP(O)(=S)OC[C@H]3O2)c(=O)[nH]1. The minimum Gasteiger partial charge on any atom is -0.382 e. The first-order chi connectivity index (χ1) is 22.9. The van der Waals surface area contributed by atoms with Crippen molar-refractivity contribution in [2.75, 3.05) is 37.5 Å². The average Bonchev–Trinajstić information content (AvgIpc) is 3.81. The number of anilines is 2. The van der Waals surface area contributed by atoms with Crippen molar-refractivity contribution in [3.63, 3.8) is 0 Å². The number of nitrogens with two attached hydrogens (primary N) is 1. The lowest BCUT2D eigenvalue weighted by Gasteiger charge is -2.29. The van der Waals surface area contributed by atoms with Gasteiger partial charge in [-0.15, -0.1) is 0 Å². The van der Waals surface area contributed by atoms with Gasteiger partial charge in [-0.3, -0.25) is 28.0 Å². The van der Waals surface area contributed by atoms with Crippen LogP contribution in [-0.4, -0.2) is 101 Å². The lowest BCUT2D eigenvalue weighted by atomic mass is 10.1. The van der Waals surface area contributed by atoms with Gasteiger partial charge in [0.15, 0.2) is 35.0 Å². The molecule has 3 aliphatic heterocycles. The Bertz CT molecular complexity index is 1980. The highest BCUT2D eigenvalue weighted by Crippen LogP contribution is 2.54. The van der Waals surface area contributed by atoms with Crippen molar-refractivity contribution in [2.45, 2.75) is 69.2 Å². The molecule has 3 fully saturated rings. The van der Waals surface area contributed by atoms with Gasteiger partial charge in [-0.05, 0) is 18.2 Å². The molecule has 0 amide bonds. The Morgan fingerprint density at radius 3 is 2.67 bits per heavy atom. The molecule has 0 spiro atoms. The molecule has 7 heterocycles. The van der Waals surface area contributed by atoms with Gasteiger partial charge in [0.25, 0.3) is 5.56 Å². The predicted octanol–water partition coefficient (Wildman–Crippen LogP) is 2.13. The molecular weight excluding hydrogens is 697 g/mol. The number of hydrogen-bond acceptors (Lipinski definition) is 16. The van der Waals surface area contributed by atoms with Gasteiger partial charge in [0.1, 0.15) is 36.4 Å². The van der Waals surface area contributed by atoms with Gasteiger partial charge in [0.2, 0.25) is 5.95 Å². The molecular formula is C25H33FN10O9P2S. The Labute approximate surface area is 276 Å². The number of fused-ring (bicyclic) bond motifs is 4. The fraction of sp³-hybridized carbons (Fsp3) is 0.600. The maximum atomic E-state index is 16.1. The smallest absolute Gasteiger partial charge is 0.328 e. The van der Waals surface area contributed by atoms with Gasteiger partial charge in [0.05, 0.1) is 32.0 Å². The summed E-state index contributed by atoms with van der Waals surface area (Å²) in [5, 5.41) is 3.09. The normalized spacial score (nSPS) is 34.5. The van der Waals surface area contributed by atoms with Gasteiger partial charge >= 0.3 is 14.3 Å². The number of imidazole rings is 2. The zero-order chi connectivity index (χ0) is 33.8. The van der Waals surface area contributed by atoms with E-state index >= 15 is 4.39 Å². The van der Waals surface area contributed by atoms with Crippen LogP contribution in [0.25, 0.3) is 22.3 Å². The van der Waals surface area contributed by atoms with Crippen LogP contribution in [0.1, 0.15) is 38.6 Å². The first kappa shape index (κ1) is 33.5. The minimum atomic E-state index is -4.13. The van der Waals surface area contributed by atoms with Crippen molar-refractivity contribution in [3.05, 3.63) is 29.3 Å². The number of halogens is 1. The average molecular weight is 731 g/mol. The lowest BCUT2D eigenvalue weighted by molar-refractivity contribution is -0.0571. The number of rotatable bonds is 6. The van der Waals surface area contributed by atoms with E-state index in [1.54, 1.807) is 4.57 Å². The number of unbranched alkanes of at least 4 members (excludes halogenated alkanes) is 1. The van der Waals surface area contributed by atoms with E-state index in [-0.39, 0.29) is 47.1 Å². The summed E-state index contributed by atoms with van der Waals surface area (Å²) < 4.78 is 67.7. The summed E-state index contributed by atoms with van der Waals surface area (Å²) in [4.78, 5) is 47.3. The van der Waals surface area contributed by atoms with Crippen LogP contribution in [0.2, 0.25) is 0 Å². The van der Waals surface area contributed by atoms with Crippen molar-refractivity contribution >= 4 is 60.2 Å². The molecule has 0 saturated carbocycles. The van der Waals surface area contributed by atoms with Crippen molar-refractivity contribution < 1.29 is 41.4 Å². The number of nitrogen functional groups attached to an aromatic ring is 1. The van der Waals surface area contributed by atoms with Gasteiger partial charge in [0, 0.05) is 19.6 Å². The molecule has 4 aromatic rings. The third-order valence-corrected chi connectivity index (χ3v) is 11.0. The Kier molecular flexibility index (Phi) is 9.12. The molecule has 0 radical (unpaired) electrons. The van der Waals surface area contributed by atoms with E-state index in [2.05, 4.69) is 35.2 Å². The molecule has 4 aromatic heterocycles. The molecule has 48 heavy (non-hydrogen) atoms. The second-order valence-electron chi connectivity index (χ2n) is 11.5. The van der Waals surface area contributed by atoms with E-state index < -0.39 is 69.5 Å². The summed E-state index contributed by atoms with van der Waals surface area (Å²) >= 11 is 5.27. The molecule has 23 heteroatoms. The lowest BCUT2D eigenvalue weighted by Crippen LogP contribution is -2.35. The highest BCUT2D eigenvalue weighted by Gasteiger charge is 2.51. The Morgan fingerprint density at radius 1 is 1.08 bits per heavy atom. The van der Waals surface area contributed by atoms with Gasteiger partial charge in [-0.1, -0.05) is 13.3 Å². The van der Waals surface area contributed by atoms with Crippen molar-refractivity contribution in [1.82, 2.24) is 39.0 Å². The fourth-order valence-electron chi connectivity index (χ4n) is 5.81. The van der Waals surface area contributed by atoms with Crippen molar-refractivity contribution in [2.24, 2.45) is 0 Å². The summed E-state index contributed by atoms with van der Waals surface area (Å²) in [6.07, 6.45) is -2.80. The van der Waals surface area contributed by atoms with Crippen LogP contribution < -0.4 is 16.6 Å². The number of hydrogen-bond donors (Lipinski definition) is 4. The highest BCUT2D eigenvalue weighted by molar-refractivity contribution is 8.07. The van der Waals surface area contributed by atoms with Crippen LogP contribution in [0.5, 0.6) is 0 Å². The Hall–Kier alpha value is -2.97. The largest absolute Gasteiger partial charge is 0.382 e. The number of aromatic nitrogens is 8. The molecule has 0 bridgehead atoms. The van der Waals surface area contributed by atoms with Crippen molar-refractivity contribution in [3.8, 4) is 0 Å². The first-order valence-electron chi connectivity index (χ1n) is 15.1. The molecule has 5 N–H and O–H groups in total. The molecule has 19 nitrogen and oxygen atoms in total. The van der Waals surface area contributed by atoms with Gasteiger partial charge in [-0.25, -0.2) is 24.3 Å². The van der Waals surface area contributed by atoms with Gasteiger partial charge in [-0.2, -0.15) is 4.98 Å². The van der Waals surface area contributed by atoms with Crippen molar-refractivity contribution in [1.29, 1.82) is 0 Å². The summed E-state index contributed by atoms with van der Waals surface area (Å²) in [7, 11) is -3.85. The second kappa shape index (κ2) is 13.1. The molecule has 3 aliphatic rings. The Morgan fingerprint density at radius 2 is 1.85 bits per heavy atom. The standard InChI is InChI=1S/C25H33FN10O9P2S/c1-3-4-5-28-25-33-22-18(23(37)34-25)32-10-35(22)15-6-12-13(42-15)7-41-47(39,48)45-19-14(8-40-46(2,38)44-12)43-24(16(19)26)36-11-31-17-20(27)29-9-30-21(17)36/h9-16,19,24H,3-8H2,1-2H3,(H,39,48)(H2,27,29,30)(H2,28,33,34,37)/t12-,13+,14+,15+,16+,19+,24+,46?,47?/m0/s1. The van der Waals surface area contributed by atoms with Crippen LogP contribution in [0.3, 0.4) is 0 Å². The van der Waals surface area contributed by atoms with Crippen LogP contribution >= 0.6 is 14.3 Å². The van der Waals surface area contributed by atoms with E-state index in [0.717, 1.165) is 12.8 Å². The topological polar surface area (TPSA) is 238 Å². The summed E-state index contributed by atoms with van der Waals surface area (Å²) in [5.41, 5.74) is 6.22. The molecule has 0 aromatic carbocycles. The number of aromatic amines is 1. The van der Waals surface area contributed by atoms with E-state index in [1.807, 2.05) is 6.92 Å². The number of ether oxygens (including phenoxy) is 2. The number of alkyl halides is 1. The van der Waals surface area contributed by atoms with Crippen LogP contribution in [0.15, 0.2) is 23.8 Å². The van der Waals surface area contributed by atoms with E-state index in [4.69, 9.17) is 45.1 Å². The van der Waals surface area contributed by atoms with Crippen LogP contribution in [0, 0.1) is 0 Å². The summed E-state index contributed by atoms with van der Waals surface area (Å²) in [5.74, 6) is 0.364. The Balaban J connectivity index is 1.12. The summed E-state index contributed by atoms with van der Waals surface area (Å²) in [6.45, 7) is -1.05. The molecule has 2 unspecified atom stereocenters. The molecule has 260 valence electrons. The minimum absolute atomic E-state index is 0.0897. The second-order valence-corrected chi connectivity index (χ2v) is 16.3. The number of nitrogens with zero attached hydrogens (tertiary/aromatic N) is 7. The zero-order valence-electron chi connectivity index (χ0n) is 25.6. The first-order valence-corrected chi connectivity index (χ1v) is 19.7. The van der Waals surface area contributed by atoms with E-state index in [9.17, 15) is 14.3 Å². The molecule has 9 atom stereocenters. The fourth-order valence-corrected chi connectivity index (χ4v) is 8.44. The quantitative estimate of drug-likeness (QED) is 0.164.